The van der Waals surface area contributed by atoms with E-state index in [1.54, 1.807) is 0 Å². The normalized spacial score (nSPS) is 12.7. The van der Waals surface area contributed by atoms with Crippen LogP contribution in [0.2, 0.25) is 0 Å². The first-order valence-corrected chi connectivity index (χ1v) is 17.6. The molecule has 8 aromatic rings. The van der Waals surface area contributed by atoms with Crippen LogP contribution in [0.3, 0.4) is 0 Å². The van der Waals surface area contributed by atoms with Gasteiger partial charge in [0.25, 0.3) is 0 Å². The summed E-state index contributed by atoms with van der Waals surface area (Å²) in [6, 6.07) is 53.7. The predicted octanol–water partition coefficient (Wildman–Crippen LogP) is 10.8. The van der Waals surface area contributed by atoms with Gasteiger partial charge in [0.1, 0.15) is 0 Å². The number of fused-ring (bicyclic) bond motifs is 3. The standard InChI is InChI=1S/C46H34N6/c1-3-46(2)38-28-34(44-49-40(30-16-8-4-9-17-30)47-41(50-44)31-18-10-5-11-19-31)24-26-36(38)37-27-25-35(29-39(37)46)45-51-42(32-20-12-6-13-21-32)48-43(52-45)33-22-14-7-15-23-33/h4-29H,3H2,1-2H3. The summed E-state index contributed by atoms with van der Waals surface area (Å²) in [6.45, 7) is 4.59. The smallest absolute Gasteiger partial charge is 0.164 e. The zero-order valence-electron chi connectivity index (χ0n) is 28.9. The zero-order valence-corrected chi connectivity index (χ0v) is 28.9. The van der Waals surface area contributed by atoms with E-state index in [1.165, 1.54) is 22.3 Å². The highest BCUT2D eigenvalue weighted by Gasteiger charge is 2.38. The minimum absolute atomic E-state index is 0.258. The quantitative estimate of drug-likeness (QED) is 0.168. The molecule has 0 bridgehead atoms. The van der Waals surface area contributed by atoms with Crippen LogP contribution < -0.4 is 0 Å². The van der Waals surface area contributed by atoms with Crippen molar-refractivity contribution >= 4 is 0 Å². The highest BCUT2D eigenvalue weighted by Crippen LogP contribution is 2.52. The summed E-state index contributed by atoms with van der Waals surface area (Å²) >= 11 is 0. The second kappa shape index (κ2) is 12.9. The molecule has 0 saturated carbocycles. The van der Waals surface area contributed by atoms with Crippen molar-refractivity contribution in [3.63, 3.8) is 0 Å². The molecular formula is C46H34N6. The molecule has 9 rings (SSSR count). The second-order valence-corrected chi connectivity index (χ2v) is 13.3. The molecule has 2 heterocycles. The Kier molecular flexibility index (Phi) is 7.77. The van der Waals surface area contributed by atoms with Crippen molar-refractivity contribution in [3.05, 3.63) is 169 Å². The van der Waals surface area contributed by atoms with E-state index in [0.717, 1.165) is 39.8 Å². The molecule has 0 fully saturated rings. The topological polar surface area (TPSA) is 77.3 Å². The minimum atomic E-state index is -0.258. The third-order valence-corrected chi connectivity index (χ3v) is 10.1. The van der Waals surface area contributed by atoms with Crippen molar-refractivity contribution in [2.24, 2.45) is 0 Å². The maximum absolute atomic E-state index is 5.02. The fourth-order valence-corrected chi connectivity index (χ4v) is 7.15. The van der Waals surface area contributed by atoms with E-state index in [0.29, 0.717) is 34.9 Å². The molecular weight excluding hydrogens is 637 g/mol. The summed E-state index contributed by atoms with van der Waals surface area (Å²) in [5.74, 6) is 3.91. The van der Waals surface area contributed by atoms with Crippen LogP contribution in [0.1, 0.15) is 31.4 Å². The Balaban J connectivity index is 1.15. The van der Waals surface area contributed by atoms with Gasteiger partial charge in [-0.05, 0) is 40.8 Å². The summed E-state index contributed by atoms with van der Waals surface area (Å²) in [4.78, 5) is 29.9. The summed E-state index contributed by atoms with van der Waals surface area (Å²) in [6.07, 6.45) is 0.906. The molecule has 248 valence electrons. The van der Waals surface area contributed by atoms with E-state index in [-0.39, 0.29) is 5.41 Å². The van der Waals surface area contributed by atoms with E-state index in [2.05, 4.69) is 50.2 Å². The molecule has 52 heavy (non-hydrogen) atoms. The molecule has 6 nitrogen and oxygen atoms in total. The average molecular weight is 671 g/mol. The van der Waals surface area contributed by atoms with Crippen LogP contribution in [0, 0.1) is 0 Å². The third kappa shape index (κ3) is 5.55. The fourth-order valence-electron chi connectivity index (χ4n) is 7.15. The van der Waals surface area contributed by atoms with Gasteiger partial charge >= 0.3 is 0 Å². The Morgan fingerprint density at radius 2 is 0.615 bits per heavy atom. The van der Waals surface area contributed by atoms with Crippen LogP contribution in [0.4, 0.5) is 0 Å². The lowest BCUT2D eigenvalue weighted by molar-refractivity contribution is 0.565. The van der Waals surface area contributed by atoms with Crippen LogP contribution in [-0.2, 0) is 5.41 Å². The first-order chi connectivity index (χ1) is 25.6. The van der Waals surface area contributed by atoms with Crippen molar-refractivity contribution < 1.29 is 0 Å². The highest BCUT2D eigenvalue weighted by molar-refractivity contribution is 5.85. The fraction of sp³-hybridized carbons (Fsp3) is 0.0870. The largest absolute Gasteiger partial charge is 0.208 e. The van der Waals surface area contributed by atoms with Crippen LogP contribution in [0.15, 0.2) is 158 Å². The van der Waals surface area contributed by atoms with Crippen molar-refractivity contribution in [2.45, 2.75) is 25.7 Å². The van der Waals surface area contributed by atoms with Gasteiger partial charge in [0.05, 0.1) is 0 Å². The van der Waals surface area contributed by atoms with Gasteiger partial charge in [-0.15, -0.1) is 0 Å². The lowest BCUT2D eigenvalue weighted by atomic mass is 9.77. The molecule has 0 spiro atoms. The summed E-state index contributed by atoms with van der Waals surface area (Å²) < 4.78 is 0. The SMILES string of the molecule is CCC1(C)c2cc(-c3nc(-c4ccccc4)nc(-c4ccccc4)n3)ccc2-c2ccc(-c3nc(-c4ccccc4)nc(-c4ccccc4)n3)cc21. The van der Waals surface area contributed by atoms with Gasteiger partial charge < -0.3 is 0 Å². The zero-order chi connectivity index (χ0) is 35.1. The Morgan fingerprint density at radius 3 is 0.885 bits per heavy atom. The molecule has 0 N–H and O–H groups in total. The van der Waals surface area contributed by atoms with Crippen LogP contribution >= 0.6 is 0 Å². The Bertz CT molecular complexity index is 2260. The van der Waals surface area contributed by atoms with Gasteiger partial charge in [0, 0.05) is 38.8 Å². The number of nitrogens with zero attached hydrogens (tertiary/aromatic N) is 6. The maximum Gasteiger partial charge on any atom is 0.164 e. The highest BCUT2D eigenvalue weighted by atomic mass is 15.0. The molecule has 1 aliphatic rings. The molecule has 0 radical (unpaired) electrons. The van der Waals surface area contributed by atoms with Gasteiger partial charge in [-0.1, -0.05) is 159 Å². The van der Waals surface area contributed by atoms with Crippen LogP contribution in [0.5, 0.6) is 0 Å². The number of hydrogen-bond acceptors (Lipinski definition) is 6. The van der Waals surface area contributed by atoms with E-state index in [4.69, 9.17) is 29.9 Å². The molecule has 1 aliphatic carbocycles. The van der Waals surface area contributed by atoms with Gasteiger partial charge in [0.2, 0.25) is 0 Å². The van der Waals surface area contributed by atoms with Gasteiger partial charge in [-0.25, -0.2) is 29.9 Å². The number of rotatable bonds is 7. The van der Waals surface area contributed by atoms with Crippen molar-refractivity contribution in [1.82, 2.24) is 29.9 Å². The molecule has 0 unspecified atom stereocenters. The maximum atomic E-state index is 5.02. The lowest BCUT2D eigenvalue weighted by Gasteiger charge is -2.26. The second-order valence-electron chi connectivity index (χ2n) is 13.3. The number of benzene rings is 6. The summed E-state index contributed by atoms with van der Waals surface area (Å²) in [5, 5.41) is 0. The first kappa shape index (κ1) is 31.3. The summed E-state index contributed by atoms with van der Waals surface area (Å²) in [5.41, 5.74) is 10.4. The molecule has 0 saturated heterocycles. The Labute approximate surface area is 303 Å². The molecule has 0 aliphatic heterocycles. The molecule has 2 aromatic heterocycles. The minimum Gasteiger partial charge on any atom is -0.208 e. The summed E-state index contributed by atoms with van der Waals surface area (Å²) in [7, 11) is 0. The van der Waals surface area contributed by atoms with Gasteiger partial charge in [-0.2, -0.15) is 0 Å². The van der Waals surface area contributed by atoms with Crippen molar-refractivity contribution in [3.8, 4) is 79.5 Å². The number of hydrogen-bond donors (Lipinski definition) is 0. The molecule has 6 heteroatoms. The number of aromatic nitrogens is 6. The van der Waals surface area contributed by atoms with E-state index < -0.39 is 0 Å². The average Bonchev–Trinajstić information content (AvgIpc) is 3.48. The Hall–Kier alpha value is -6.66. The first-order valence-electron chi connectivity index (χ1n) is 17.6. The van der Waals surface area contributed by atoms with Gasteiger partial charge in [0.15, 0.2) is 34.9 Å². The van der Waals surface area contributed by atoms with Crippen LogP contribution in [0.25, 0.3) is 79.5 Å². The van der Waals surface area contributed by atoms with Crippen molar-refractivity contribution in [1.29, 1.82) is 0 Å². The van der Waals surface area contributed by atoms with Crippen molar-refractivity contribution in [2.75, 3.05) is 0 Å². The molecule has 0 amide bonds. The van der Waals surface area contributed by atoms with Gasteiger partial charge in [-0.3, -0.25) is 0 Å². The van der Waals surface area contributed by atoms with Crippen LogP contribution in [-0.4, -0.2) is 29.9 Å². The third-order valence-electron chi connectivity index (χ3n) is 10.1. The monoisotopic (exact) mass is 670 g/mol. The van der Waals surface area contributed by atoms with E-state index >= 15 is 0 Å². The Morgan fingerprint density at radius 1 is 0.346 bits per heavy atom. The molecule has 0 atom stereocenters. The lowest BCUT2D eigenvalue weighted by Crippen LogP contribution is -2.19. The van der Waals surface area contributed by atoms with E-state index in [1.807, 2.05) is 121 Å². The van der Waals surface area contributed by atoms with E-state index in [9.17, 15) is 0 Å². The predicted molar refractivity (Wildman–Crippen MR) is 208 cm³/mol. The molecule has 6 aromatic carbocycles.